The molecule has 10 amide bonds. The molecule has 0 saturated heterocycles. The number of fused-ring (bicyclic) bond motifs is 1. The van der Waals surface area contributed by atoms with Crippen LogP contribution in [0.25, 0.3) is 10.9 Å². The fourth-order valence-corrected chi connectivity index (χ4v) is 8.43. The smallest absolute Gasteiger partial charge is 0.326 e. The molecule has 0 bridgehead atoms. The topological polar surface area (TPSA) is 526 Å². The molecule has 31 heteroatoms. The number of rotatable bonds is 36. The molecule has 31 nitrogen and oxygen atoms in total. The van der Waals surface area contributed by atoms with Gasteiger partial charge in [-0.1, -0.05) is 76.2 Å². The summed E-state index contributed by atoms with van der Waals surface area (Å²) in [5, 5.41) is 61.4. The van der Waals surface area contributed by atoms with Gasteiger partial charge in [-0.05, 0) is 55.2 Å². The van der Waals surface area contributed by atoms with E-state index >= 15 is 0 Å². The average Bonchev–Trinajstić information content (AvgIpc) is 4.15. The molecule has 0 saturated carbocycles. The number of nitrogens with two attached hydrogens (primary N) is 4. The van der Waals surface area contributed by atoms with Crippen LogP contribution in [0.2, 0.25) is 0 Å². The second-order valence-electron chi connectivity index (χ2n) is 20.8. The molecule has 1 heterocycles. The van der Waals surface area contributed by atoms with Crippen molar-refractivity contribution in [1.82, 2.24) is 52.8 Å². The number of aliphatic carboxylic acids is 2. The summed E-state index contributed by atoms with van der Waals surface area (Å²) in [5.74, 6) is -14.2. The van der Waals surface area contributed by atoms with Crippen LogP contribution in [0.3, 0.4) is 0 Å². The highest BCUT2D eigenvalue weighted by atomic mass is 16.4. The number of nitrogens with one attached hydrogen (secondary N) is 10. The Morgan fingerprint density at radius 3 is 1.59 bits per heavy atom. The maximum Gasteiger partial charge on any atom is 0.326 e. The minimum absolute atomic E-state index is 0.0265. The monoisotopic (exact) mass is 1190 g/mol. The number of aromatic nitrogens is 1. The van der Waals surface area contributed by atoms with Crippen LogP contribution >= 0.6 is 0 Å². The van der Waals surface area contributed by atoms with Crippen LogP contribution in [0.1, 0.15) is 77.8 Å². The number of aromatic amines is 1. The van der Waals surface area contributed by atoms with Gasteiger partial charge in [0.25, 0.3) is 0 Å². The van der Waals surface area contributed by atoms with E-state index in [2.05, 4.69) is 52.5 Å². The van der Waals surface area contributed by atoms with Gasteiger partial charge in [-0.3, -0.25) is 57.7 Å². The van der Waals surface area contributed by atoms with Crippen LogP contribution < -0.4 is 70.8 Å². The Labute approximate surface area is 488 Å². The molecule has 0 fully saturated rings. The van der Waals surface area contributed by atoms with Gasteiger partial charge in [0, 0.05) is 36.5 Å². The first-order valence-corrected chi connectivity index (χ1v) is 27.1. The van der Waals surface area contributed by atoms with E-state index in [0.29, 0.717) is 22.0 Å². The largest absolute Gasteiger partial charge is 0.481 e. The van der Waals surface area contributed by atoms with Crippen molar-refractivity contribution in [3.63, 3.8) is 0 Å². The maximum atomic E-state index is 14.8. The van der Waals surface area contributed by atoms with E-state index < -0.39 is 163 Å². The molecule has 0 aliphatic heterocycles. The summed E-state index contributed by atoms with van der Waals surface area (Å²) in [5.41, 5.74) is 23.6. The lowest BCUT2D eigenvalue weighted by atomic mass is 9.99. The number of guanidine groups is 1. The number of aliphatic hydroxyl groups is 2. The molecule has 0 spiro atoms. The van der Waals surface area contributed by atoms with Gasteiger partial charge < -0.3 is 96.2 Å². The minimum Gasteiger partial charge on any atom is -0.481 e. The fourth-order valence-electron chi connectivity index (χ4n) is 8.43. The quantitative estimate of drug-likeness (QED) is 0.0147. The third-order valence-corrected chi connectivity index (χ3v) is 12.9. The SMILES string of the molecule is CC(C)C[C@H](NC(=O)[C@H](Cc1c[nH]c2ccccc12)NC(=O)[C@H](Cc1ccccc1)NC(=O)[C@H](CCCN=C(N)N)NC(=O)[C@H](C)NC(=O)[C@H](CO)NC(=O)[C@@H](NC(=O)[C@@H](N)CC(N)=O)C(C)C)C(=O)N[C@@H](CO)C(=O)N[C@@H](CC(=O)O)C(=O)O. The summed E-state index contributed by atoms with van der Waals surface area (Å²) in [4.78, 5) is 166. The minimum atomic E-state index is -1.93. The van der Waals surface area contributed by atoms with Crippen molar-refractivity contribution in [2.24, 2.45) is 39.8 Å². The maximum absolute atomic E-state index is 14.8. The Morgan fingerprint density at radius 1 is 0.541 bits per heavy atom. The zero-order valence-corrected chi connectivity index (χ0v) is 47.7. The van der Waals surface area contributed by atoms with Gasteiger partial charge in [0.2, 0.25) is 59.1 Å². The van der Waals surface area contributed by atoms with Crippen LogP contribution in [-0.2, 0) is 70.4 Å². The van der Waals surface area contributed by atoms with E-state index in [9.17, 15) is 72.9 Å². The molecule has 2 aromatic carbocycles. The first-order valence-electron chi connectivity index (χ1n) is 27.1. The van der Waals surface area contributed by atoms with Crippen molar-refractivity contribution in [1.29, 1.82) is 0 Å². The van der Waals surface area contributed by atoms with Crippen molar-refractivity contribution < 1.29 is 78.0 Å². The summed E-state index contributed by atoms with van der Waals surface area (Å²) in [6, 6.07) is -0.155. The lowest BCUT2D eigenvalue weighted by Gasteiger charge is -2.28. The number of carbonyl (C=O) groups is 12. The number of aliphatic imine (C=N–C) groups is 1. The molecule has 3 aromatic rings. The molecule has 0 aliphatic rings. The van der Waals surface area contributed by atoms with Crippen molar-refractivity contribution in [3.05, 3.63) is 71.9 Å². The van der Waals surface area contributed by atoms with E-state index in [1.807, 2.05) is 5.32 Å². The number of carbonyl (C=O) groups excluding carboxylic acids is 10. The van der Waals surface area contributed by atoms with Crippen LogP contribution in [-0.4, -0.2) is 183 Å². The Hall–Kier alpha value is -9.23. The zero-order chi connectivity index (χ0) is 63.7. The van der Waals surface area contributed by atoms with Gasteiger partial charge in [0.1, 0.15) is 54.4 Å². The van der Waals surface area contributed by atoms with Crippen molar-refractivity contribution >= 4 is 87.9 Å². The number of nitrogens with zero attached hydrogens (tertiary/aromatic N) is 1. The van der Waals surface area contributed by atoms with Crippen molar-refractivity contribution in [2.75, 3.05) is 19.8 Å². The fraction of sp³-hybridized carbons (Fsp3) is 0.500. The predicted molar refractivity (Wildman–Crippen MR) is 305 cm³/mol. The number of carboxylic acid groups (broad SMARTS) is 2. The van der Waals surface area contributed by atoms with Crippen molar-refractivity contribution in [2.45, 2.75) is 140 Å². The molecule has 466 valence electrons. The normalized spacial score (nSPS) is 14.7. The van der Waals surface area contributed by atoms with E-state index in [4.69, 9.17) is 28.0 Å². The molecule has 1 aromatic heterocycles. The van der Waals surface area contributed by atoms with Gasteiger partial charge in [0.15, 0.2) is 5.96 Å². The van der Waals surface area contributed by atoms with Crippen LogP contribution in [0.5, 0.6) is 0 Å². The lowest BCUT2D eigenvalue weighted by molar-refractivity contribution is -0.147. The van der Waals surface area contributed by atoms with Crippen LogP contribution in [0.4, 0.5) is 0 Å². The Balaban J connectivity index is 1.97. The highest BCUT2D eigenvalue weighted by Gasteiger charge is 2.36. The van der Waals surface area contributed by atoms with E-state index in [1.165, 1.54) is 6.92 Å². The van der Waals surface area contributed by atoms with Gasteiger partial charge in [-0.25, -0.2) is 4.79 Å². The Morgan fingerprint density at radius 2 is 1.04 bits per heavy atom. The molecule has 22 N–H and O–H groups in total. The number of benzene rings is 2. The summed E-state index contributed by atoms with van der Waals surface area (Å²) in [6.45, 7) is 5.70. The molecule has 10 atom stereocenters. The summed E-state index contributed by atoms with van der Waals surface area (Å²) < 4.78 is 0. The lowest BCUT2D eigenvalue weighted by Crippen LogP contribution is -2.61. The molecule has 85 heavy (non-hydrogen) atoms. The second kappa shape index (κ2) is 34.4. The van der Waals surface area contributed by atoms with Crippen molar-refractivity contribution in [3.8, 4) is 0 Å². The molecular weight excluding hydrogens is 1110 g/mol. The molecule has 0 aliphatic carbocycles. The van der Waals surface area contributed by atoms with Gasteiger partial charge in [0.05, 0.1) is 32.1 Å². The first-order chi connectivity index (χ1) is 40.0. The van der Waals surface area contributed by atoms with E-state index in [1.54, 1.807) is 88.5 Å². The van der Waals surface area contributed by atoms with Gasteiger partial charge in [-0.2, -0.15) is 0 Å². The summed E-state index contributed by atoms with van der Waals surface area (Å²) in [6.07, 6.45) is -0.537. The number of aliphatic hydroxyl groups excluding tert-OH is 2. The number of amides is 10. The summed E-state index contributed by atoms with van der Waals surface area (Å²) in [7, 11) is 0. The third-order valence-electron chi connectivity index (χ3n) is 12.9. The molecule has 3 rings (SSSR count). The standard InChI is InChI=1S/C54H79N15O16/c1-26(2)18-35(47(78)67-40(25-71)51(82)66-38(53(84)85)22-42(73)74)63-49(80)37(20-30-23-60-33-15-10-9-14-31(30)33)65-48(79)36(19-29-12-7-6-8-13-29)64-46(77)34(16-11-17-59-54(57)58)62-44(75)28(5)61-50(81)39(24-70)68-52(83)43(27(3)4)69-45(76)32(55)21-41(56)72/h6-10,12-15,23,26-28,32,34-40,43,60,70-71H,11,16-22,24-25,55H2,1-5H3,(H2,56,72)(H,61,81)(H,62,75)(H,63,80)(H,64,77)(H,65,79)(H,66,82)(H,67,78)(H,68,83)(H,69,76)(H,73,74)(H,84,85)(H4,57,58,59)/t28-,32-,34-,35-,36-,37-,38-,39-,40-,43-/m0/s1. The zero-order valence-electron chi connectivity index (χ0n) is 47.7. The number of hydrogen-bond acceptors (Lipinski definition) is 16. The number of para-hydroxylation sites is 1. The third kappa shape index (κ3) is 23.5. The Kier molecular flexibility index (Phi) is 28.3. The van der Waals surface area contributed by atoms with Gasteiger partial charge >= 0.3 is 11.9 Å². The van der Waals surface area contributed by atoms with Gasteiger partial charge in [-0.15, -0.1) is 0 Å². The van der Waals surface area contributed by atoms with Crippen LogP contribution in [0, 0.1) is 11.8 Å². The van der Waals surface area contributed by atoms with E-state index in [0.717, 1.165) is 0 Å². The summed E-state index contributed by atoms with van der Waals surface area (Å²) >= 11 is 0. The first kappa shape index (κ1) is 70.0. The van der Waals surface area contributed by atoms with E-state index in [-0.39, 0.29) is 50.5 Å². The Bertz CT molecular complexity index is 2860. The van der Waals surface area contributed by atoms with Crippen LogP contribution in [0.15, 0.2) is 65.8 Å². The second-order valence-corrected chi connectivity index (χ2v) is 20.8. The number of carboxylic acids is 2. The number of primary amides is 1. The highest BCUT2D eigenvalue weighted by molar-refractivity contribution is 5.99. The number of H-pyrrole nitrogens is 1. The predicted octanol–water partition coefficient (Wildman–Crippen LogP) is -5.16. The molecule has 0 radical (unpaired) electrons. The highest BCUT2D eigenvalue weighted by Crippen LogP contribution is 2.20. The molecular formula is C54H79N15O16. The average molecular weight is 1190 g/mol. The number of hydrogen-bond donors (Lipinski definition) is 18. The molecule has 0 unspecified atom stereocenters.